The normalized spacial score (nSPS) is 17.0. The minimum atomic E-state index is 0.241. The summed E-state index contributed by atoms with van der Waals surface area (Å²) >= 11 is 0. The molecule has 5 heteroatoms. The van der Waals surface area contributed by atoms with Gasteiger partial charge in [-0.05, 0) is 53.4 Å². The molecule has 2 aromatic carbocycles. The highest BCUT2D eigenvalue weighted by Crippen LogP contribution is 2.25. The number of carbonyl (C=O) groups excluding carboxylic acids is 1. The predicted molar refractivity (Wildman–Crippen MR) is 115 cm³/mol. The van der Waals surface area contributed by atoms with Gasteiger partial charge in [0, 0.05) is 38.3 Å². The van der Waals surface area contributed by atoms with Crippen LogP contribution < -0.4 is 0 Å². The first-order valence-corrected chi connectivity index (χ1v) is 10.3. The quantitative estimate of drug-likeness (QED) is 0.797. The number of ether oxygens (including phenoxy) is 1. The highest BCUT2D eigenvalue weighted by Gasteiger charge is 2.17. The van der Waals surface area contributed by atoms with Gasteiger partial charge in [0.15, 0.2) is 0 Å². The molecule has 0 radical (unpaired) electrons. The lowest BCUT2D eigenvalue weighted by Crippen LogP contribution is -2.35. The molecule has 5 nitrogen and oxygen atoms in total. The maximum atomic E-state index is 10.4. The van der Waals surface area contributed by atoms with Crippen LogP contribution in [0, 0.1) is 0 Å². The van der Waals surface area contributed by atoms with Gasteiger partial charge in [0.2, 0.25) is 0 Å². The van der Waals surface area contributed by atoms with E-state index in [0.717, 1.165) is 57.8 Å². The van der Waals surface area contributed by atoms with Gasteiger partial charge >= 0.3 is 0 Å². The number of hydrogen-bond acceptors (Lipinski definition) is 5. The Morgan fingerprint density at radius 2 is 1.79 bits per heavy atom. The molecule has 29 heavy (non-hydrogen) atoms. The van der Waals surface area contributed by atoms with E-state index in [1.165, 1.54) is 16.7 Å². The summed E-state index contributed by atoms with van der Waals surface area (Å²) in [5.74, 6) is 0.500. The number of hydrogen-bond donors (Lipinski definition) is 1. The average Bonchev–Trinajstić information content (AvgIpc) is 3.09. The molecule has 2 aliphatic rings. The summed E-state index contributed by atoms with van der Waals surface area (Å²) in [4.78, 5) is 15.3. The van der Waals surface area contributed by atoms with E-state index in [2.05, 4.69) is 35.0 Å². The Labute approximate surface area is 173 Å². The summed E-state index contributed by atoms with van der Waals surface area (Å²) in [5, 5.41) is 9.38. The molecule has 0 aliphatic carbocycles. The fraction of sp³-hybridized carbons (Fsp3) is 0.458. The molecule has 2 aromatic rings. The fourth-order valence-electron chi connectivity index (χ4n) is 3.84. The van der Waals surface area contributed by atoms with E-state index < -0.39 is 0 Å². The van der Waals surface area contributed by atoms with Crippen LogP contribution in [-0.4, -0.2) is 54.5 Å². The first-order chi connectivity index (χ1) is 14.0. The SMILES string of the molecule is CC(C)c1cc(C=O)ccc1O.CN1Cc2ccc(CN3CCOCC3)cc2C1. The number of fused-ring (bicyclic) bond motifs is 1. The zero-order chi connectivity index (χ0) is 20.8. The molecule has 0 spiro atoms. The van der Waals surface area contributed by atoms with E-state index in [1.807, 2.05) is 13.8 Å². The van der Waals surface area contributed by atoms with Crippen molar-refractivity contribution in [2.24, 2.45) is 0 Å². The van der Waals surface area contributed by atoms with Crippen molar-refractivity contribution >= 4 is 6.29 Å². The van der Waals surface area contributed by atoms with Crippen molar-refractivity contribution in [3.05, 3.63) is 64.2 Å². The first kappa shape index (κ1) is 21.5. The second-order valence-corrected chi connectivity index (χ2v) is 8.25. The number of nitrogens with zero attached hydrogens (tertiary/aromatic N) is 2. The number of phenolic OH excluding ortho intramolecular Hbond substituents is 1. The van der Waals surface area contributed by atoms with Gasteiger partial charge in [0.25, 0.3) is 0 Å². The smallest absolute Gasteiger partial charge is 0.150 e. The van der Waals surface area contributed by atoms with Gasteiger partial charge in [-0.2, -0.15) is 0 Å². The Hall–Kier alpha value is -2.21. The largest absolute Gasteiger partial charge is 0.508 e. The summed E-state index contributed by atoms with van der Waals surface area (Å²) in [5.41, 5.74) is 5.88. The van der Waals surface area contributed by atoms with Crippen LogP contribution in [0.5, 0.6) is 5.75 Å². The first-order valence-electron chi connectivity index (χ1n) is 10.3. The van der Waals surface area contributed by atoms with Crippen LogP contribution in [0.1, 0.15) is 52.4 Å². The molecule has 0 aromatic heterocycles. The van der Waals surface area contributed by atoms with E-state index in [4.69, 9.17) is 4.74 Å². The second kappa shape index (κ2) is 10.0. The molecule has 1 saturated heterocycles. The van der Waals surface area contributed by atoms with Crippen LogP contribution in [0.3, 0.4) is 0 Å². The standard InChI is InChI=1S/C14H20N2O.C10H12O2/c1-15-10-13-3-2-12(8-14(13)11-15)9-16-4-6-17-7-5-16;1-7(2)9-5-8(6-11)3-4-10(9)12/h2-3,8H,4-7,9-11H2,1H3;3-7,12H,1-2H3. The molecular formula is C24H32N2O3. The summed E-state index contributed by atoms with van der Waals surface area (Å²) < 4.78 is 5.38. The van der Waals surface area contributed by atoms with Crippen LogP contribution in [0.15, 0.2) is 36.4 Å². The van der Waals surface area contributed by atoms with E-state index in [9.17, 15) is 9.90 Å². The third-order valence-electron chi connectivity index (χ3n) is 5.47. The number of rotatable bonds is 4. The van der Waals surface area contributed by atoms with Crippen molar-refractivity contribution in [1.82, 2.24) is 9.80 Å². The highest BCUT2D eigenvalue weighted by molar-refractivity contribution is 5.75. The van der Waals surface area contributed by atoms with E-state index in [-0.39, 0.29) is 11.7 Å². The number of carbonyl (C=O) groups is 1. The summed E-state index contributed by atoms with van der Waals surface area (Å²) in [6.45, 7) is 11.1. The third-order valence-corrected chi connectivity index (χ3v) is 5.47. The maximum Gasteiger partial charge on any atom is 0.150 e. The van der Waals surface area contributed by atoms with Crippen LogP contribution in [-0.2, 0) is 24.4 Å². The highest BCUT2D eigenvalue weighted by atomic mass is 16.5. The number of morpholine rings is 1. The maximum absolute atomic E-state index is 10.4. The Bertz CT molecular complexity index is 829. The predicted octanol–water partition coefficient (Wildman–Crippen LogP) is 3.79. The Kier molecular flexibility index (Phi) is 7.42. The number of aldehydes is 1. The van der Waals surface area contributed by atoms with E-state index >= 15 is 0 Å². The van der Waals surface area contributed by atoms with Gasteiger partial charge in [-0.1, -0.05) is 32.0 Å². The molecule has 2 aliphatic heterocycles. The van der Waals surface area contributed by atoms with Crippen molar-refractivity contribution in [2.45, 2.75) is 39.4 Å². The topological polar surface area (TPSA) is 53.0 Å². The Morgan fingerprint density at radius 1 is 1.07 bits per heavy atom. The van der Waals surface area contributed by atoms with Gasteiger partial charge in [0.1, 0.15) is 12.0 Å². The van der Waals surface area contributed by atoms with Crippen molar-refractivity contribution in [3.63, 3.8) is 0 Å². The van der Waals surface area contributed by atoms with Gasteiger partial charge in [0.05, 0.1) is 13.2 Å². The molecule has 0 unspecified atom stereocenters. The zero-order valence-electron chi connectivity index (χ0n) is 17.7. The fourth-order valence-corrected chi connectivity index (χ4v) is 3.84. The molecule has 0 saturated carbocycles. The molecule has 0 bridgehead atoms. The van der Waals surface area contributed by atoms with Crippen LogP contribution >= 0.6 is 0 Å². The van der Waals surface area contributed by atoms with Crippen LogP contribution in [0.25, 0.3) is 0 Å². The molecule has 0 amide bonds. The number of aromatic hydroxyl groups is 1. The van der Waals surface area contributed by atoms with Crippen molar-refractivity contribution in [2.75, 3.05) is 33.4 Å². The molecule has 4 rings (SSSR count). The molecule has 156 valence electrons. The minimum Gasteiger partial charge on any atom is -0.508 e. The summed E-state index contributed by atoms with van der Waals surface area (Å²) in [6, 6.07) is 11.8. The van der Waals surface area contributed by atoms with Crippen molar-refractivity contribution in [1.29, 1.82) is 0 Å². The lowest BCUT2D eigenvalue weighted by Gasteiger charge is -2.26. The molecular weight excluding hydrogens is 364 g/mol. The number of benzene rings is 2. The summed E-state index contributed by atoms with van der Waals surface area (Å²) in [7, 11) is 2.18. The van der Waals surface area contributed by atoms with Gasteiger partial charge < -0.3 is 9.84 Å². The molecule has 2 heterocycles. The van der Waals surface area contributed by atoms with Gasteiger partial charge in [-0.25, -0.2) is 0 Å². The molecule has 0 atom stereocenters. The molecule has 1 fully saturated rings. The van der Waals surface area contributed by atoms with Crippen molar-refractivity contribution in [3.8, 4) is 5.75 Å². The number of phenols is 1. The summed E-state index contributed by atoms with van der Waals surface area (Å²) in [6.07, 6.45) is 0.783. The van der Waals surface area contributed by atoms with E-state index in [1.54, 1.807) is 18.2 Å². The molecule has 1 N–H and O–H groups in total. The Morgan fingerprint density at radius 3 is 2.48 bits per heavy atom. The van der Waals surface area contributed by atoms with Crippen molar-refractivity contribution < 1.29 is 14.6 Å². The lowest BCUT2D eigenvalue weighted by atomic mass is 10.0. The van der Waals surface area contributed by atoms with Crippen LogP contribution in [0.2, 0.25) is 0 Å². The van der Waals surface area contributed by atoms with E-state index in [0.29, 0.717) is 5.56 Å². The Balaban J connectivity index is 0.000000177. The van der Waals surface area contributed by atoms with Gasteiger partial charge in [-0.15, -0.1) is 0 Å². The minimum absolute atomic E-state index is 0.241. The third kappa shape index (κ3) is 5.89. The zero-order valence-corrected chi connectivity index (χ0v) is 17.7. The van der Waals surface area contributed by atoms with Crippen LogP contribution in [0.4, 0.5) is 0 Å². The monoisotopic (exact) mass is 396 g/mol. The van der Waals surface area contributed by atoms with Gasteiger partial charge in [-0.3, -0.25) is 14.6 Å². The second-order valence-electron chi connectivity index (χ2n) is 8.25. The lowest BCUT2D eigenvalue weighted by molar-refractivity contribution is 0.0342. The average molecular weight is 397 g/mol.